The van der Waals surface area contributed by atoms with Crippen molar-refractivity contribution >= 4 is 17.6 Å². The Hall–Kier alpha value is -3.33. The molecule has 1 atom stereocenters. The van der Waals surface area contributed by atoms with Crippen molar-refractivity contribution in [3.05, 3.63) is 59.2 Å². The third-order valence-corrected chi connectivity index (χ3v) is 4.84. The molecule has 1 N–H and O–H groups in total. The summed E-state index contributed by atoms with van der Waals surface area (Å²) in [6, 6.07) is 14.6. The van der Waals surface area contributed by atoms with E-state index in [1.54, 1.807) is 58.2 Å². The molecule has 1 amide bonds. The summed E-state index contributed by atoms with van der Waals surface area (Å²) in [5.74, 6) is 0.446. The van der Waals surface area contributed by atoms with Crippen molar-refractivity contribution < 1.29 is 19.1 Å². The molecule has 2 aromatic rings. The quantitative estimate of drug-likeness (QED) is 0.826. The fourth-order valence-corrected chi connectivity index (χ4v) is 3.54. The number of carbonyl (C=O) groups excluding carboxylic acids is 2. The van der Waals surface area contributed by atoms with Crippen LogP contribution >= 0.6 is 0 Å². The fraction of sp³-hybridized carbons (Fsp3) is 0.348. The number of para-hydroxylation sites is 1. The minimum Gasteiger partial charge on any atom is -0.497 e. The molecule has 0 spiro atoms. The molecule has 0 fully saturated rings. The Balaban J connectivity index is 1.88. The van der Waals surface area contributed by atoms with Crippen molar-refractivity contribution in [2.75, 3.05) is 12.4 Å². The van der Waals surface area contributed by atoms with Gasteiger partial charge in [-0.15, -0.1) is 0 Å². The van der Waals surface area contributed by atoms with Gasteiger partial charge in [0.05, 0.1) is 13.2 Å². The number of hydrogen-bond acceptors (Lipinski definition) is 5. The van der Waals surface area contributed by atoms with Gasteiger partial charge in [0.25, 0.3) is 0 Å². The zero-order valence-electron chi connectivity index (χ0n) is 17.0. The fourth-order valence-electron chi connectivity index (χ4n) is 3.54. The van der Waals surface area contributed by atoms with Crippen molar-refractivity contribution in [3.8, 4) is 11.8 Å². The topological polar surface area (TPSA) is 88.4 Å². The molecular weight excluding hydrogens is 368 g/mol. The Morgan fingerprint density at radius 3 is 2.62 bits per heavy atom. The molecule has 150 valence electrons. The van der Waals surface area contributed by atoms with Gasteiger partial charge in [-0.3, -0.25) is 10.1 Å². The Labute approximate surface area is 170 Å². The number of hydrogen-bond donors (Lipinski definition) is 1. The van der Waals surface area contributed by atoms with Crippen LogP contribution < -0.4 is 10.1 Å². The molecule has 0 bridgehead atoms. The van der Waals surface area contributed by atoms with Crippen LogP contribution in [-0.2, 0) is 17.6 Å². The second kappa shape index (κ2) is 7.59. The number of anilines is 1. The van der Waals surface area contributed by atoms with E-state index in [0.717, 1.165) is 5.56 Å². The highest BCUT2D eigenvalue weighted by atomic mass is 16.6. The molecule has 6 heteroatoms. The number of nitrogens with zero attached hydrogens (tertiary/aromatic N) is 1. The second-order valence-electron chi connectivity index (χ2n) is 8.18. The molecule has 0 saturated carbocycles. The number of ketones is 1. The summed E-state index contributed by atoms with van der Waals surface area (Å²) in [5, 5.41) is 12.7. The van der Waals surface area contributed by atoms with E-state index in [1.807, 2.05) is 12.1 Å². The number of fused-ring (bicyclic) bond motifs is 1. The third kappa shape index (κ3) is 4.24. The first-order valence-electron chi connectivity index (χ1n) is 9.38. The normalized spacial score (nSPS) is 18.0. The molecule has 29 heavy (non-hydrogen) atoms. The number of methoxy groups -OCH3 is 1. The minimum atomic E-state index is -1.22. The first-order chi connectivity index (χ1) is 13.7. The van der Waals surface area contributed by atoms with Crippen molar-refractivity contribution in [3.63, 3.8) is 0 Å². The van der Waals surface area contributed by atoms with Crippen molar-refractivity contribution in [1.29, 1.82) is 5.26 Å². The number of nitrogens with one attached hydrogen (secondary N) is 1. The average molecular weight is 392 g/mol. The van der Waals surface area contributed by atoms with E-state index in [-0.39, 0.29) is 12.2 Å². The van der Waals surface area contributed by atoms with E-state index in [4.69, 9.17) is 9.47 Å². The maximum absolute atomic E-state index is 13.1. The molecule has 6 nitrogen and oxygen atoms in total. The van der Waals surface area contributed by atoms with Crippen LogP contribution in [-0.4, -0.2) is 24.6 Å². The molecule has 2 aromatic carbocycles. The predicted molar refractivity (Wildman–Crippen MR) is 109 cm³/mol. The summed E-state index contributed by atoms with van der Waals surface area (Å²) >= 11 is 0. The van der Waals surface area contributed by atoms with Crippen molar-refractivity contribution in [2.24, 2.45) is 5.41 Å². The molecular formula is C23H24N2O4. The molecule has 0 aromatic heterocycles. The number of benzene rings is 2. The number of amides is 1. The van der Waals surface area contributed by atoms with Crippen LogP contribution in [0, 0.1) is 16.7 Å². The van der Waals surface area contributed by atoms with E-state index in [0.29, 0.717) is 29.0 Å². The standard InChI is InChI=1S/C23H24N2O4/c1-22(2,3)29-21(27)25-19-8-6-5-7-15(19)12-23(14-24)13-16-11-17(28-4)9-10-18(16)20(23)26/h5-11H,12-13H2,1-4H3,(H,25,27)/t23-/m1/s1. The maximum Gasteiger partial charge on any atom is 0.412 e. The minimum absolute atomic E-state index is 0.186. The Kier molecular flexibility index (Phi) is 5.34. The Bertz CT molecular complexity index is 1000. The van der Waals surface area contributed by atoms with Crippen molar-refractivity contribution in [2.45, 2.75) is 39.2 Å². The number of rotatable bonds is 4. The maximum atomic E-state index is 13.1. The van der Waals surface area contributed by atoms with E-state index in [9.17, 15) is 14.9 Å². The monoisotopic (exact) mass is 392 g/mol. The molecule has 0 aliphatic heterocycles. The highest BCUT2D eigenvalue weighted by molar-refractivity contribution is 6.07. The van der Waals surface area contributed by atoms with Crippen LogP contribution in [0.3, 0.4) is 0 Å². The van der Waals surface area contributed by atoms with Crippen LogP contribution in [0.4, 0.5) is 10.5 Å². The van der Waals surface area contributed by atoms with Crippen LogP contribution in [0.5, 0.6) is 5.75 Å². The molecule has 3 rings (SSSR count). The first-order valence-corrected chi connectivity index (χ1v) is 9.38. The van der Waals surface area contributed by atoms with Crippen LogP contribution in [0.2, 0.25) is 0 Å². The first kappa shape index (κ1) is 20.4. The van der Waals surface area contributed by atoms with Crippen LogP contribution in [0.25, 0.3) is 0 Å². The summed E-state index contributed by atoms with van der Waals surface area (Å²) in [6.45, 7) is 5.35. The lowest BCUT2D eigenvalue weighted by molar-refractivity contribution is 0.0635. The lowest BCUT2D eigenvalue weighted by Crippen LogP contribution is -2.30. The van der Waals surface area contributed by atoms with Gasteiger partial charge < -0.3 is 9.47 Å². The van der Waals surface area contributed by atoms with E-state index >= 15 is 0 Å². The molecule has 0 saturated heterocycles. The summed E-state index contributed by atoms with van der Waals surface area (Å²) in [4.78, 5) is 25.3. The number of ether oxygens (including phenoxy) is 2. The van der Waals surface area contributed by atoms with Gasteiger partial charge >= 0.3 is 6.09 Å². The van der Waals surface area contributed by atoms with Gasteiger partial charge in [0.15, 0.2) is 5.78 Å². The highest BCUT2D eigenvalue weighted by Gasteiger charge is 2.46. The van der Waals surface area contributed by atoms with E-state index in [2.05, 4.69) is 11.4 Å². The molecule has 1 aliphatic rings. The zero-order valence-corrected chi connectivity index (χ0v) is 17.0. The summed E-state index contributed by atoms with van der Waals surface area (Å²) in [5.41, 5.74) is 0.722. The van der Waals surface area contributed by atoms with Gasteiger partial charge in [0, 0.05) is 17.7 Å². The molecule has 1 aliphatic carbocycles. The molecule has 0 heterocycles. The number of carbonyl (C=O) groups is 2. The van der Waals surface area contributed by atoms with Gasteiger partial charge in [0.1, 0.15) is 16.8 Å². The summed E-state index contributed by atoms with van der Waals surface area (Å²) in [6.07, 6.45) is -0.0947. The molecule has 0 radical (unpaired) electrons. The van der Waals surface area contributed by atoms with Gasteiger partial charge in [-0.05, 0) is 62.6 Å². The third-order valence-electron chi connectivity index (χ3n) is 4.84. The Morgan fingerprint density at radius 1 is 1.24 bits per heavy atom. The van der Waals surface area contributed by atoms with Gasteiger partial charge in [0.2, 0.25) is 0 Å². The van der Waals surface area contributed by atoms with Gasteiger partial charge in [-0.25, -0.2) is 4.79 Å². The largest absolute Gasteiger partial charge is 0.497 e. The summed E-state index contributed by atoms with van der Waals surface area (Å²) < 4.78 is 10.6. The predicted octanol–water partition coefficient (Wildman–Crippen LogP) is 4.53. The summed E-state index contributed by atoms with van der Waals surface area (Å²) in [7, 11) is 1.56. The van der Waals surface area contributed by atoms with E-state index < -0.39 is 17.1 Å². The second-order valence-corrected chi connectivity index (χ2v) is 8.18. The van der Waals surface area contributed by atoms with Crippen LogP contribution in [0.1, 0.15) is 42.3 Å². The average Bonchev–Trinajstić information content (AvgIpc) is 2.93. The van der Waals surface area contributed by atoms with Crippen LogP contribution in [0.15, 0.2) is 42.5 Å². The number of Topliss-reactive ketones (excluding diaryl/α,β-unsaturated/α-hetero) is 1. The Morgan fingerprint density at radius 2 is 1.97 bits per heavy atom. The molecule has 0 unspecified atom stereocenters. The SMILES string of the molecule is COc1ccc2c(c1)C[C@@](C#N)(Cc1ccccc1NC(=O)OC(C)(C)C)C2=O. The van der Waals surface area contributed by atoms with E-state index in [1.165, 1.54) is 0 Å². The zero-order chi connectivity index (χ0) is 21.2. The number of nitriles is 1. The lowest BCUT2D eigenvalue weighted by atomic mass is 9.79. The van der Waals surface area contributed by atoms with Crippen molar-refractivity contribution in [1.82, 2.24) is 0 Å². The lowest BCUT2D eigenvalue weighted by Gasteiger charge is -2.23. The van der Waals surface area contributed by atoms with Gasteiger partial charge in [-0.2, -0.15) is 5.26 Å². The smallest absolute Gasteiger partial charge is 0.412 e. The van der Waals surface area contributed by atoms with Gasteiger partial charge in [-0.1, -0.05) is 18.2 Å². The highest BCUT2D eigenvalue weighted by Crippen LogP contribution is 2.41.